The Morgan fingerprint density at radius 2 is 2.73 bits per heavy atom. The first kappa shape index (κ1) is 7.74. The summed E-state index contributed by atoms with van der Waals surface area (Å²) in [6, 6.07) is 1.45. The van der Waals surface area contributed by atoms with Crippen molar-refractivity contribution in [2.45, 2.75) is 6.92 Å². The summed E-state index contributed by atoms with van der Waals surface area (Å²) in [5, 5.41) is 3.40. The molecule has 0 saturated heterocycles. The molecule has 0 aromatic carbocycles. The lowest BCUT2D eigenvalue weighted by Gasteiger charge is -1.98. The first-order chi connectivity index (χ1) is 5.34. The van der Waals surface area contributed by atoms with Crippen LogP contribution in [0.5, 0.6) is 0 Å². The van der Waals surface area contributed by atoms with Crippen molar-refractivity contribution < 1.29 is 14.2 Å². The maximum atomic E-state index is 10.9. The Morgan fingerprint density at radius 1 is 1.91 bits per heavy atom. The molecular formula is C6H8N2O3. The van der Waals surface area contributed by atoms with E-state index in [1.54, 1.807) is 6.92 Å². The monoisotopic (exact) mass is 156 g/mol. The minimum Gasteiger partial charge on any atom is -0.364 e. The lowest BCUT2D eigenvalue weighted by molar-refractivity contribution is 0.0357. The molecule has 0 unspecified atom stereocenters. The van der Waals surface area contributed by atoms with Crippen LogP contribution in [0.15, 0.2) is 16.9 Å². The first-order valence-corrected chi connectivity index (χ1v) is 3.17. The second-order valence-corrected chi connectivity index (χ2v) is 1.75. The van der Waals surface area contributed by atoms with Crippen molar-refractivity contribution in [3.63, 3.8) is 0 Å². The van der Waals surface area contributed by atoms with Gasteiger partial charge in [-0.25, -0.2) is 5.48 Å². The summed E-state index contributed by atoms with van der Waals surface area (Å²) in [5.74, 6) is -0.402. The van der Waals surface area contributed by atoms with Crippen molar-refractivity contribution in [2.75, 3.05) is 6.61 Å². The van der Waals surface area contributed by atoms with Gasteiger partial charge in [0.15, 0.2) is 5.69 Å². The van der Waals surface area contributed by atoms with Crippen LogP contribution in [0.4, 0.5) is 0 Å². The van der Waals surface area contributed by atoms with Crippen molar-refractivity contribution >= 4 is 5.91 Å². The van der Waals surface area contributed by atoms with Crippen LogP contribution in [-0.2, 0) is 4.84 Å². The molecule has 1 amide bonds. The lowest BCUT2D eigenvalue weighted by Crippen LogP contribution is -2.23. The van der Waals surface area contributed by atoms with Crippen molar-refractivity contribution in [1.82, 2.24) is 10.6 Å². The zero-order chi connectivity index (χ0) is 8.10. The van der Waals surface area contributed by atoms with E-state index in [1.165, 1.54) is 12.3 Å². The van der Waals surface area contributed by atoms with Gasteiger partial charge in [0.05, 0.1) is 6.61 Å². The molecule has 1 rings (SSSR count). The highest BCUT2D eigenvalue weighted by molar-refractivity contribution is 5.91. The highest BCUT2D eigenvalue weighted by Crippen LogP contribution is 1.92. The van der Waals surface area contributed by atoms with Crippen LogP contribution in [0.3, 0.4) is 0 Å². The van der Waals surface area contributed by atoms with E-state index in [2.05, 4.69) is 20.0 Å². The summed E-state index contributed by atoms with van der Waals surface area (Å²) in [7, 11) is 0. The molecule has 5 nitrogen and oxygen atoms in total. The number of hydrogen-bond acceptors (Lipinski definition) is 4. The summed E-state index contributed by atoms with van der Waals surface area (Å²) in [6.07, 6.45) is 1.32. The molecule has 1 aromatic heterocycles. The van der Waals surface area contributed by atoms with Crippen LogP contribution in [0.1, 0.15) is 17.4 Å². The molecule has 0 bridgehead atoms. The molecular weight excluding hydrogens is 148 g/mol. The molecule has 0 aliphatic heterocycles. The van der Waals surface area contributed by atoms with Crippen LogP contribution in [0.2, 0.25) is 0 Å². The maximum absolute atomic E-state index is 10.9. The van der Waals surface area contributed by atoms with Gasteiger partial charge in [-0.15, -0.1) is 0 Å². The molecule has 0 fully saturated rings. The topological polar surface area (TPSA) is 64.4 Å². The summed E-state index contributed by atoms with van der Waals surface area (Å²) < 4.78 is 4.45. The van der Waals surface area contributed by atoms with E-state index in [-0.39, 0.29) is 5.69 Å². The highest BCUT2D eigenvalue weighted by Gasteiger charge is 2.06. The number of nitrogens with zero attached hydrogens (tertiary/aromatic N) is 1. The normalized spacial score (nSPS) is 9.55. The van der Waals surface area contributed by atoms with E-state index in [1.807, 2.05) is 0 Å². The van der Waals surface area contributed by atoms with E-state index in [9.17, 15) is 4.79 Å². The summed E-state index contributed by atoms with van der Waals surface area (Å²) in [4.78, 5) is 15.5. The Hall–Kier alpha value is -1.36. The molecule has 5 heteroatoms. The van der Waals surface area contributed by atoms with Gasteiger partial charge < -0.3 is 4.52 Å². The Balaban J connectivity index is 2.43. The number of aromatic nitrogens is 1. The van der Waals surface area contributed by atoms with E-state index in [4.69, 9.17) is 0 Å². The Kier molecular flexibility index (Phi) is 2.62. The van der Waals surface area contributed by atoms with E-state index >= 15 is 0 Å². The third-order valence-corrected chi connectivity index (χ3v) is 0.980. The number of carbonyl (C=O) groups excluding carboxylic acids is 1. The van der Waals surface area contributed by atoms with Gasteiger partial charge in [-0.1, -0.05) is 5.16 Å². The number of carbonyl (C=O) groups is 1. The van der Waals surface area contributed by atoms with Crippen LogP contribution in [-0.4, -0.2) is 17.7 Å². The minimum atomic E-state index is -0.402. The predicted octanol–water partition coefficient (Wildman–Crippen LogP) is 0.356. The number of rotatable bonds is 3. The Labute approximate surface area is 63.3 Å². The summed E-state index contributed by atoms with van der Waals surface area (Å²) >= 11 is 0. The smallest absolute Gasteiger partial charge is 0.296 e. The van der Waals surface area contributed by atoms with Gasteiger partial charge in [-0.2, -0.15) is 0 Å². The van der Waals surface area contributed by atoms with E-state index in [0.29, 0.717) is 6.61 Å². The average molecular weight is 156 g/mol. The number of amides is 1. The molecule has 1 heterocycles. The van der Waals surface area contributed by atoms with Crippen molar-refractivity contribution in [2.24, 2.45) is 0 Å². The fraction of sp³-hybridized carbons (Fsp3) is 0.333. The van der Waals surface area contributed by atoms with Crippen LogP contribution < -0.4 is 5.48 Å². The van der Waals surface area contributed by atoms with Crippen LogP contribution in [0.25, 0.3) is 0 Å². The number of hydroxylamine groups is 1. The molecule has 0 aliphatic rings. The van der Waals surface area contributed by atoms with Gasteiger partial charge in [-0.3, -0.25) is 9.63 Å². The molecule has 0 saturated carbocycles. The predicted molar refractivity (Wildman–Crippen MR) is 35.6 cm³/mol. The molecule has 1 N–H and O–H groups in total. The van der Waals surface area contributed by atoms with Gasteiger partial charge in [0, 0.05) is 6.07 Å². The molecule has 0 aliphatic carbocycles. The maximum Gasteiger partial charge on any atom is 0.296 e. The Bertz CT molecular complexity index is 220. The SMILES string of the molecule is CCONC(=O)c1ccon1. The summed E-state index contributed by atoms with van der Waals surface area (Å²) in [5.41, 5.74) is 2.38. The molecule has 11 heavy (non-hydrogen) atoms. The van der Waals surface area contributed by atoms with Crippen molar-refractivity contribution in [1.29, 1.82) is 0 Å². The molecule has 60 valence electrons. The number of nitrogens with one attached hydrogen (secondary N) is 1. The fourth-order valence-corrected chi connectivity index (χ4v) is 0.520. The second-order valence-electron chi connectivity index (χ2n) is 1.75. The van der Waals surface area contributed by atoms with Gasteiger partial charge in [-0.05, 0) is 6.92 Å². The third kappa shape index (κ3) is 2.05. The van der Waals surface area contributed by atoms with Crippen LogP contribution in [0, 0.1) is 0 Å². The largest absolute Gasteiger partial charge is 0.364 e. The molecule has 0 atom stereocenters. The van der Waals surface area contributed by atoms with Crippen molar-refractivity contribution in [3.05, 3.63) is 18.0 Å². The third-order valence-electron chi connectivity index (χ3n) is 0.980. The lowest BCUT2D eigenvalue weighted by atomic mass is 10.4. The minimum absolute atomic E-state index is 0.207. The summed E-state index contributed by atoms with van der Waals surface area (Å²) in [6.45, 7) is 2.19. The molecule has 0 spiro atoms. The van der Waals surface area contributed by atoms with E-state index < -0.39 is 5.91 Å². The molecule has 1 aromatic rings. The van der Waals surface area contributed by atoms with Gasteiger partial charge in [0.1, 0.15) is 6.26 Å². The second kappa shape index (κ2) is 3.72. The van der Waals surface area contributed by atoms with Gasteiger partial charge in [0.25, 0.3) is 5.91 Å². The van der Waals surface area contributed by atoms with Crippen LogP contribution >= 0.6 is 0 Å². The average Bonchev–Trinajstić information content (AvgIpc) is 2.52. The quantitative estimate of drug-likeness (QED) is 0.641. The Morgan fingerprint density at radius 3 is 3.27 bits per heavy atom. The highest BCUT2D eigenvalue weighted by atomic mass is 16.6. The fourth-order valence-electron chi connectivity index (χ4n) is 0.520. The standard InChI is InChI=1S/C6H8N2O3/c1-2-10-8-6(9)5-3-4-11-7-5/h3-4H,2H2,1H3,(H,8,9). The molecule has 0 radical (unpaired) electrons. The first-order valence-electron chi connectivity index (χ1n) is 3.17. The van der Waals surface area contributed by atoms with Crippen molar-refractivity contribution in [3.8, 4) is 0 Å². The number of hydrogen-bond donors (Lipinski definition) is 1. The zero-order valence-corrected chi connectivity index (χ0v) is 6.03. The van der Waals surface area contributed by atoms with Gasteiger partial charge in [0.2, 0.25) is 0 Å². The van der Waals surface area contributed by atoms with E-state index in [0.717, 1.165) is 0 Å². The zero-order valence-electron chi connectivity index (χ0n) is 6.03. The van der Waals surface area contributed by atoms with Gasteiger partial charge >= 0.3 is 0 Å².